The highest BCUT2D eigenvalue weighted by Crippen LogP contribution is 2.28. The zero-order valence-corrected chi connectivity index (χ0v) is 19.8. The number of hydrogen-bond acceptors (Lipinski definition) is 4. The molecule has 8 heteroatoms. The Balaban J connectivity index is 0.00000171. The SMILES string of the molecule is Cc1ccccc1-c1cc(C(=O)NC2CCC(N)CC2)c2cnn(C(C)C)c2n1.Cl.Cl. The van der Waals surface area contributed by atoms with Crippen LogP contribution in [-0.2, 0) is 0 Å². The third-order valence-electron chi connectivity index (χ3n) is 5.83. The van der Waals surface area contributed by atoms with Crippen molar-refractivity contribution in [2.24, 2.45) is 5.73 Å². The van der Waals surface area contributed by atoms with Crippen LogP contribution in [0.1, 0.15) is 61.5 Å². The molecule has 1 fully saturated rings. The van der Waals surface area contributed by atoms with Crippen LogP contribution in [-0.4, -0.2) is 32.8 Å². The molecule has 0 saturated heterocycles. The Kier molecular flexibility index (Phi) is 8.46. The van der Waals surface area contributed by atoms with Crippen LogP contribution in [0.15, 0.2) is 36.5 Å². The molecule has 2 aromatic heterocycles. The van der Waals surface area contributed by atoms with Gasteiger partial charge in [-0.2, -0.15) is 5.10 Å². The van der Waals surface area contributed by atoms with E-state index in [1.54, 1.807) is 6.20 Å². The van der Waals surface area contributed by atoms with Crippen LogP contribution in [0.4, 0.5) is 0 Å². The van der Waals surface area contributed by atoms with E-state index in [4.69, 9.17) is 10.7 Å². The molecule has 0 aliphatic heterocycles. The topological polar surface area (TPSA) is 85.8 Å². The summed E-state index contributed by atoms with van der Waals surface area (Å²) in [7, 11) is 0. The fraction of sp³-hybridized carbons (Fsp3) is 0.435. The number of amides is 1. The van der Waals surface area contributed by atoms with Crippen LogP contribution in [0, 0.1) is 6.92 Å². The molecule has 1 amide bonds. The normalized spacial score (nSPS) is 18.4. The first-order chi connectivity index (χ1) is 13.9. The number of fused-ring (bicyclic) bond motifs is 1. The Morgan fingerprint density at radius 1 is 1.16 bits per heavy atom. The number of benzene rings is 1. The average molecular weight is 464 g/mol. The van der Waals surface area contributed by atoms with Crippen molar-refractivity contribution in [2.45, 2.75) is 64.6 Å². The molecule has 2 heterocycles. The van der Waals surface area contributed by atoms with E-state index in [-0.39, 0.29) is 48.8 Å². The van der Waals surface area contributed by atoms with Crippen LogP contribution in [0.3, 0.4) is 0 Å². The quantitative estimate of drug-likeness (QED) is 0.579. The monoisotopic (exact) mass is 463 g/mol. The number of aromatic nitrogens is 3. The van der Waals surface area contributed by atoms with Crippen LogP contribution in [0.25, 0.3) is 22.3 Å². The van der Waals surface area contributed by atoms with Crippen molar-refractivity contribution in [2.75, 3.05) is 0 Å². The van der Waals surface area contributed by atoms with Crippen LogP contribution in [0.5, 0.6) is 0 Å². The first-order valence-corrected chi connectivity index (χ1v) is 10.4. The lowest BCUT2D eigenvalue weighted by atomic mass is 9.91. The Bertz CT molecular complexity index is 1040. The average Bonchev–Trinajstić information content (AvgIpc) is 3.13. The molecular weight excluding hydrogens is 433 g/mol. The molecule has 4 rings (SSSR count). The van der Waals surface area contributed by atoms with Crippen molar-refractivity contribution in [3.63, 3.8) is 0 Å². The summed E-state index contributed by atoms with van der Waals surface area (Å²) in [6, 6.07) is 10.6. The van der Waals surface area contributed by atoms with Gasteiger partial charge in [0.25, 0.3) is 5.91 Å². The number of carbonyl (C=O) groups excluding carboxylic acids is 1. The zero-order valence-electron chi connectivity index (χ0n) is 18.2. The molecule has 3 N–H and O–H groups in total. The Morgan fingerprint density at radius 2 is 1.84 bits per heavy atom. The summed E-state index contributed by atoms with van der Waals surface area (Å²) >= 11 is 0. The minimum atomic E-state index is -0.0592. The first kappa shape index (κ1) is 25.1. The van der Waals surface area contributed by atoms with Gasteiger partial charge in [-0.25, -0.2) is 9.67 Å². The summed E-state index contributed by atoms with van der Waals surface area (Å²) in [5.74, 6) is -0.0592. The third kappa shape index (κ3) is 5.20. The number of aryl methyl sites for hydroxylation is 1. The second-order valence-corrected chi connectivity index (χ2v) is 8.38. The molecule has 0 radical (unpaired) electrons. The molecule has 0 bridgehead atoms. The van der Waals surface area contributed by atoms with Crippen molar-refractivity contribution >= 4 is 41.8 Å². The maximum atomic E-state index is 13.2. The van der Waals surface area contributed by atoms with E-state index in [0.717, 1.165) is 53.5 Å². The number of nitrogens with one attached hydrogen (secondary N) is 1. The molecule has 1 aliphatic carbocycles. The van der Waals surface area contributed by atoms with E-state index < -0.39 is 0 Å². The van der Waals surface area contributed by atoms with E-state index in [2.05, 4.69) is 37.3 Å². The molecule has 1 aromatic carbocycles. The predicted octanol–water partition coefficient (Wildman–Crippen LogP) is 4.83. The molecule has 1 aliphatic rings. The van der Waals surface area contributed by atoms with E-state index in [1.807, 2.05) is 28.9 Å². The molecule has 168 valence electrons. The van der Waals surface area contributed by atoms with Crippen molar-refractivity contribution in [1.29, 1.82) is 0 Å². The van der Waals surface area contributed by atoms with Crippen LogP contribution >= 0.6 is 24.8 Å². The van der Waals surface area contributed by atoms with Gasteiger partial charge < -0.3 is 11.1 Å². The minimum absolute atomic E-state index is 0. The number of halogens is 2. The molecule has 6 nitrogen and oxygen atoms in total. The van der Waals surface area contributed by atoms with Gasteiger partial charge in [0.1, 0.15) is 0 Å². The highest BCUT2D eigenvalue weighted by Gasteiger charge is 2.23. The van der Waals surface area contributed by atoms with E-state index >= 15 is 0 Å². The van der Waals surface area contributed by atoms with E-state index in [0.29, 0.717) is 5.56 Å². The zero-order chi connectivity index (χ0) is 20.5. The highest BCUT2D eigenvalue weighted by molar-refractivity contribution is 6.06. The maximum absolute atomic E-state index is 13.2. The van der Waals surface area contributed by atoms with Crippen LogP contribution in [0.2, 0.25) is 0 Å². The van der Waals surface area contributed by atoms with Crippen molar-refractivity contribution < 1.29 is 4.79 Å². The summed E-state index contributed by atoms with van der Waals surface area (Å²) in [6.07, 6.45) is 5.52. The van der Waals surface area contributed by atoms with Crippen molar-refractivity contribution in [3.05, 3.63) is 47.7 Å². The van der Waals surface area contributed by atoms with Gasteiger partial charge in [0.05, 0.1) is 22.8 Å². The molecule has 1 saturated carbocycles. The second kappa shape index (κ2) is 10.4. The Labute approximate surface area is 195 Å². The standard InChI is InChI=1S/C23H29N5O.2ClH/c1-14(2)28-22-20(13-25-28)19(23(29)26-17-10-8-16(24)9-11-17)12-21(27-22)18-7-5-4-6-15(18)3;;/h4-7,12-14,16-17H,8-11,24H2,1-3H3,(H,26,29);2*1H. The summed E-state index contributed by atoms with van der Waals surface area (Å²) in [5, 5.41) is 8.52. The van der Waals surface area contributed by atoms with Gasteiger partial charge >= 0.3 is 0 Å². The summed E-state index contributed by atoms with van der Waals surface area (Å²) in [4.78, 5) is 18.1. The van der Waals surface area contributed by atoms with Crippen molar-refractivity contribution in [3.8, 4) is 11.3 Å². The lowest BCUT2D eigenvalue weighted by Gasteiger charge is -2.27. The van der Waals surface area contributed by atoms with Gasteiger partial charge in [0, 0.05) is 23.7 Å². The van der Waals surface area contributed by atoms with Gasteiger partial charge in [0.2, 0.25) is 0 Å². The second-order valence-electron chi connectivity index (χ2n) is 8.38. The van der Waals surface area contributed by atoms with E-state index in [1.165, 1.54) is 0 Å². The minimum Gasteiger partial charge on any atom is -0.349 e. The fourth-order valence-electron chi connectivity index (χ4n) is 4.11. The van der Waals surface area contributed by atoms with Gasteiger partial charge in [-0.15, -0.1) is 24.8 Å². The molecular formula is C23H31Cl2N5O. The van der Waals surface area contributed by atoms with Crippen molar-refractivity contribution in [1.82, 2.24) is 20.1 Å². The largest absolute Gasteiger partial charge is 0.349 e. The number of hydrogen-bond donors (Lipinski definition) is 2. The molecule has 3 aromatic rings. The molecule has 31 heavy (non-hydrogen) atoms. The maximum Gasteiger partial charge on any atom is 0.252 e. The summed E-state index contributed by atoms with van der Waals surface area (Å²) in [6.45, 7) is 6.20. The number of pyridine rings is 1. The smallest absolute Gasteiger partial charge is 0.252 e. The van der Waals surface area contributed by atoms with Crippen LogP contribution < -0.4 is 11.1 Å². The summed E-state index contributed by atoms with van der Waals surface area (Å²) in [5.41, 5.74) is 10.4. The third-order valence-corrected chi connectivity index (χ3v) is 5.83. The van der Waals surface area contributed by atoms with Gasteiger partial charge in [-0.3, -0.25) is 4.79 Å². The van der Waals surface area contributed by atoms with Gasteiger partial charge in [-0.05, 0) is 58.1 Å². The number of rotatable bonds is 4. The number of nitrogens with zero attached hydrogens (tertiary/aromatic N) is 3. The summed E-state index contributed by atoms with van der Waals surface area (Å²) < 4.78 is 1.88. The number of carbonyl (C=O) groups is 1. The fourth-order valence-corrected chi connectivity index (χ4v) is 4.11. The number of nitrogens with two attached hydrogens (primary N) is 1. The molecule has 0 unspecified atom stereocenters. The van der Waals surface area contributed by atoms with Gasteiger partial charge in [-0.1, -0.05) is 24.3 Å². The molecule has 0 atom stereocenters. The lowest BCUT2D eigenvalue weighted by Crippen LogP contribution is -2.40. The highest BCUT2D eigenvalue weighted by atomic mass is 35.5. The first-order valence-electron chi connectivity index (χ1n) is 10.4. The Hall–Kier alpha value is -2.15. The lowest BCUT2D eigenvalue weighted by molar-refractivity contribution is 0.0927. The predicted molar refractivity (Wildman–Crippen MR) is 130 cm³/mol. The Morgan fingerprint density at radius 3 is 2.48 bits per heavy atom. The van der Waals surface area contributed by atoms with Gasteiger partial charge in [0.15, 0.2) is 5.65 Å². The van der Waals surface area contributed by atoms with E-state index in [9.17, 15) is 4.79 Å². The molecule has 0 spiro atoms.